The molecule has 1 amide bonds. The van der Waals surface area contributed by atoms with Gasteiger partial charge in [0.15, 0.2) is 0 Å². The third kappa shape index (κ3) is 4.65. The van der Waals surface area contributed by atoms with Crippen molar-refractivity contribution in [2.45, 2.75) is 45.1 Å². The quantitative estimate of drug-likeness (QED) is 0.780. The molecule has 25 heavy (non-hydrogen) atoms. The van der Waals surface area contributed by atoms with Crippen molar-refractivity contribution in [1.29, 1.82) is 0 Å². The molecule has 8 heteroatoms. The average molecular weight is 389 g/mol. The summed E-state index contributed by atoms with van der Waals surface area (Å²) < 4.78 is 32.6. The molecule has 6 nitrogen and oxygen atoms in total. The number of carbonyl (C=O) groups excluding carboxylic acids is 1. The molecule has 0 N–H and O–H groups in total. The van der Waals surface area contributed by atoms with E-state index in [1.165, 1.54) is 9.21 Å². The van der Waals surface area contributed by atoms with Crippen LogP contribution in [0.2, 0.25) is 5.02 Å². The molecule has 1 aromatic carbocycles. The van der Waals surface area contributed by atoms with Crippen molar-refractivity contribution in [3.63, 3.8) is 0 Å². The van der Waals surface area contributed by atoms with E-state index in [0.717, 1.165) is 5.56 Å². The van der Waals surface area contributed by atoms with Crippen LogP contribution in [0.4, 0.5) is 4.79 Å². The van der Waals surface area contributed by atoms with Gasteiger partial charge in [-0.1, -0.05) is 11.6 Å². The van der Waals surface area contributed by atoms with Gasteiger partial charge in [0, 0.05) is 31.2 Å². The predicted octanol–water partition coefficient (Wildman–Crippen LogP) is 3.20. The van der Waals surface area contributed by atoms with Crippen molar-refractivity contribution >= 4 is 27.7 Å². The molecule has 0 atom stereocenters. The minimum absolute atomic E-state index is 0.239. The number of rotatable bonds is 2. The highest BCUT2D eigenvalue weighted by Gasteiger charge is 2.32. The Morgan fingerprint density at radius 2 is 1.64 bits per heavy atom. The van der Waals surface area contributed by atoms with Crippen LogP contribution in [0, 0.1) is 13.8 Å². The van der Waals surface area contributed by atoms with Crippen LogP contribution in [0.1, 0.15) is 31.9 Å². The van der Waals surface area contributed by atoms with Crippen molar-refractivity contribution in [2.24, 2.45) is 0 Å². The molecule has 1 fully saturated rings. The van der Waals surface area contributed by atoms with Crippen LogP contribution in [-0.4, -0.2) is 55.5 Å². The van der Waals surface area contributed by atoms with Crippen LogP contribution in [0.15, 0.2) is 17.0 Å². The number of hydrogen-bond donors (Lipinski definition) is 0. The van der Waals surface area contributed by atoms with E-state index in [2.05, 4.69) is 0 Å². The summed E-state index contributed by atoms with van der Waals surface area (Å²) in [5.41, 5.74) is 0.765. The van der Waals surface area contributed by atoms with Crippen LogP contribution in [-0.2, 0) is 14.8 Å². The highest BCUT2D eigenvalue weighted by atomic mass is 35.5. The maximum atomic E-state index is 12.9. The molecule has 1 heterocycles. The molecule has 1 aliphatic rings. The van der Waals surface area contributed by atoms with Gasteiger partial charge in [0.1, 0.15) is 5.60 Å². The Morgan fingerprint density at radius 1 is 1.08 bits per heavy atom. The number of amides is 1. The fourth-order valence-corrected chi connectivity index (χ4v) is 4.54. The van der Waals surface area contributed by atoms with E-state index in [1.54, 1.807) is 46.8 Å². The third-order valence-corrected chi connectivity index (χ3v) is 6.41. The van der Waals surface area contributed by atoms with Crippen LogP contribution in [0.3, 0.4) is 0 Å². The minimum Gasteiger partial charge on any atom is -0.444 e. The molecular weight excluding hydrogens is 364 g/mol. The lowest BCUT2D eigenvalue weighted by Crippen LogP contribution is -2.51. The SMILES string of the molecule is Cc1cc(S(=O)(=O)N2CCN(C(=O)OC(C)(C)C)CC2)c(C)cc1Cl. The lowest BCUT2D eigenvalue weighted by molar-refractivity contribution is 0.0192. The summed E-state index contributed by atoms with van der Waals surface area (Å²) in [5, 5.41) is 0.547. The number of carbonyl (C=O) groups is 1. The lowest BCUT2D eigenvalue weighted by Gasteiger charge is -2.35. The maximum Gasteiger partial charge on any atom is 0.410 e. The molecule has 2 rings (SSSR count). The molecule has 0 bridgehead atoms. The van der Waals surface area contributed by atoms with Gasteiger partial charge < -0.3 is 9.64 Å². The van der Waals surface area contributed by atoms with E-state index in [-0.39, 0.29) is 18.0 Å². The summed E-state index contributed by atoms with van der Waals surface area (Å²) in [6.07, 6.45) is -0.414. The Morgan fingerprint density at radius 3 is 2.16 bits per heavy atom. The van der Waals surface area contributed by atoms with E-state index in [9.17, 15) is 13.2 Å². The smallest absolute Gasteiger partial charge is 0.410 e. The van der Waals surface area contributed by atoms with Gasteiger partial charge in [0.05, 0.1) is 4.90 Å². The van der Waals surface area contributed by atoms with Gasteiger partial charge in [0.25, 0.3) is 0 Å². The van der Waals surface area contributed by atoms with E-state index in [4.69, 9.17) is 16.3 Å². The predicted molar refractivity (Wildman–Crippen MR) is 97.5 cm³/mol. The topological polar surface area (TPSA) is 66.9 Å². The van der Waals surface area contributed by atoms with Crippen molar-refractivity contribution < 1.29 is 17.9 Å². The Balaban J connectivity index is 2.12. The minimum atomic E-state index is -3.62. The molecule has 1 saturated heterocycles. The molecule has 140 valence electrons. The second kappa shape index (κ2) is 7.13. The molecule has 0 aromatic heterocycles. The number of ether oxygens (including phenoxy) is 1. The first kappa shape index (κ1) is 20.0. The molecule has 0 radical (unpaired) electrons. The van der Waals surface area contributed by atoms with Crippen LogP contribution in [0.5, 0.6) is 0 Å². The number of halogens is 1. The lowest BCUT2D eigenvalue weighted by atomic mass is 10.2. The molecule has 0 unspecified atom stereocenters. The molecule has 1 aliphatic heterocycles. The first-order valence-electron chi connectivity index (χ1n) is 8.16. The average Bonchev–Trinajstić information content (AvgIpc) is 2.49. The number of nitrogens with zero attached hydrogens (tertiary/aromatic N) is 2. The van der Waals surface area contributed by atoms with E-state index in [1.807, 2.05) is 0 Å². The summed E-state index contributed by atoms with van der Waals surface area (Å²) in [6.45, 7) is 10.0. The fourth-order valence-electron chi connectivity index (χ4n) is 2.61. The highest BCUT2D eigenvalue weighted by molar-refractivity contribution is 7.89. The highest BCUT2D eigenvalue weighted by Crippen LogP contribution is 2.27. The number of benzene rings is 1. The summed E-state index contributed by atoms with van der Waals surface area (Å²) in [5.74, 6) is 0. The molecule has 0 spiro atoms. The van der Waals surface area contributed by atoms with Gasteiger partial charge in [-0.3, -0.25) is 0 Å². The van der Waals surface area contributed by atoms with Crippen molar-refractivity contribution in [3.8, 4) is 0 Å². The molecule has 0 aliphatic carbocycles. The van der Waals surface area contributed by atoms with Crippen LogP contribution in [0.25, 0.3) is 0 Å². The first-order valence-corrected chi connectivity index (χ1v) is 9.98. The summed E-state index contributed by atoms with van der Waals surface area (Å²) in [6, 6.07) is 3.27. The molecule has 1 aromatic rings. The zero-order valence-corrected chi connectivity index (χ0v) is 16.9. The van der Waals surface area contributed by atoms with Gasteiger partial charge in [-0.15, -0.1) is 0 Å². The van der Waals surface area contributed by atoms with Gasteiger partial charge >= 0.3 is 6.09 Å². The summed E-state index contributed by atoms with van der Waals surface area (Å²) in [4.78, 5) is 13.9. The normalized spacial score (nSPS) is 16.8. The summed E-state index contributed by atoms with van der Waals surface area (Å²) in [7, 11) is -3.62. The first-order chi connectivity index (χ1) is 11.4. The second-order valence-corrected chi connectivity index (χ2v) is 9.55. The molecule has 0 saturated carbocycles. The van der Waals surface area contributed by atoms with Crippen molar-refractivity contribution in [1.82, 2.24) is 9.21 Å². The van der Waals surface area contributed by atoms with Gasteiger partial charge in [-0.05, 0) is 57.9 Å². The number of hydrogen-bond acceptors (Lipinski definition) is 4. The number of piperazine rings is 1. The van der Waals surface area contributed by atoms with Crippen molar-refractivity contribution in [2.75, 3.05) is 26.2 Å². The van der Waals surface area contributed by atoms with Gasteiger partial charge in [-0.2, -0.15) is 4.31 Å². The maximum absolute atomic E-state index is 12.9. The Bertz CT molecular complexity index is 764. The Labute approximate surface area is 154 Å². The fraction of sp³-hybridized carbons (Fsp3) is 0.588. The van der Waals surface area contributed by atoms with E-state index < -0.39 is 21.7 Å². The second-order valence-electron chi connectivity index (χ2n) is 7.24. The Hall–Kier alpha value is -1.31. The number of aryl methyl sites for hydroxylation is 2. The standard InChI is InChI=1S/C17H25ClN2O4S/c1-12-11-15(13(2)10-14(12)18)25(22,23)20-8-6-19(7-9-20)16(21)24-17(3,4)5/h10-11H,6-9H2,1-5H3. The Kier molecular flexibility index (Phi) is 5.71. The van der Waals surface area contributed by atoms with Crippen LogP contribution < -0.4 is 0 Å². The molecular formula is C17H25ClN2O4S. The summed E-state index contributed by atoms with van der Waals surface area (Å²) >= 11 is 6.06. The van der Waals surface area contributed by atoms with E-state index in [0.29, 0.717) is 23.7 Å². The number of sulfonamides is 1. The van der Waals surface area contributed by atoms with Crippen molar-refractivity contribution in [3.05, 3.63) is 28.3 Å². The van der Waals surface area contributed by atoms with E-state index >= 15 is 0 Å². The van der Waals surface area contributed by atoms with Crippen LogP contribution >= 0.6 is 11.6 Å². The zero-order valence-electron chi connectivity index (χ0n) is 15.3. The zero-order chi connectivity index (χ0) is 19.0. The van der Waals surface area contributed by atoms with Gasteiger partial charge in [-0.25, -0.2) is 13.2 Å². The third-order valence-electron chi connectivity index (χ3n) is 3.96. The van der Waals surface area contributed by atoms with Gasteiger partial charge in [0.2, 0.25) is 10.0 Å². The largest absolute Gasteiger partial charge is 0.444 e. The monoisotopic (exact) mass is 388 g/mol.